The maximum Gasteiger partial charge on any atom is 0.119 e. The molecule has 28 heavy (non-hydrogen) atoms. The second-order valence-electron chi connectivity index (χ2n) is 7.28. The maximum absolute atomic E-state index is 5.43. The Bertz CT molecular complexity index is 913. The van der Waals surface area contributed by atoms with Crippen molar-refractivity contribution in [3.63, 3.8) is 0 Å². The lowest BCUT2D eigenvalue weighted by atomic mass is 9.81. The van der Waals surface area contributed by atoms with Crippen molar-refractivity contribution in [3.05, 3.63) is 94.5 Å². The van der Waals surface area contributed by atoms with Crippen molar-refractivity contribution in [1.82, 2.24) is 0 Å². The molecule has 0 spiro atoms. The van der Waals surface area contributed by atoms with Crippen LogP contribution in [0.2, 0.25) is 0 Å². The van der Waals surface area contributed by atoms with Gasteiger partial charge < -0.3 is 9.64 Å². The maximum atomic E-state index is 5.43. The molecule has 0 amide bonds. The third-order valence-corrected chi connectivity index (χ3v) is 5.61. The van der Waals surface area contributed by atoms with Crippen molar-refractivity contribution in [2.24, 2.45) is 0 Å². The van der Waals surface area contributed by atoms with Crippen LogP contribution in [0, 0.1) is 13.8 Å². The lowest BCUT2D eigenvalue weighted by molar-refractivity contribution is 0.414. The Morgan fingerprint density at radius 2 is 1.39 bits per heavy atom. The summed E-state index contributed by atoms with van der Waals surface area (Å²) in [5.41, 5.74) is 7.87. The molecule has 0 heterocycles. The Morgan fingerprint density at radius 1 is 0.786 bits per heavy atom. The summed E-state index contributed by atoms with van der Waals surface area (Å²) in [4.78, 5) is 2.40. The minimum Gasteiger partial charge on any atom is -0.497 e. The zero-order valence-corrected chi connectivity index (χ0v) is 17.7. The monoisotopic (exact) mass is 373 g/mol. The topological polar surface area (TPSA) is 12.5 Å². The molecule has 0 aliphatic heterocycles. The van der Waals surface area contributed by atoms with Crippen LogP contribution in [-0.4, -0.2) is 20.2 Å². The number of ether oxygens (including phenoxy) is 1. The first kappa shape index (κ1) is 20.0. The summed E-state index contributed by atoms with van der Waals surface area (Å²) in [5.74, 6) is 1.11. The van der Waals surface area contributed by atoms with Gasteiger partial charge in [0.2, 0.25) is 0 Å². The zero-order valence-electron chi connectivity index (χ0n) is 17.7. The van der Waals surface area contributed by atoms with E-state index >= 15 is 0 Å². The first-order chi connectivity index (χ1) is 13.6. The van der Waals surface area contributed by atoms with Crippen molar-refractivity contribution in [2.75, 3.05) is 25.1 Å². The fourth-order valence-corrected chi connectivity index (χ4v) is 4.04. The van der Waals surface area contributed by atoms with Gasteiger partial charge >= 0.3 is 0 Å². The van der Waals surface area contributed by atoms with Gasteiger partial charge in [-0.1, -0.05) is 42.5 Å². The van der Waals surface area contributed by atoms with Crippen LogP contribution in [-0.2, 0) is 0 Å². The number of rotatable bonds is 7. The van der Waals surface area contributed by atoms with E-state index in [1.807, 2.05) is 0 Å². The third kappa shape index (κ3) is 4.06. The summed E-state index contributed by atoms with van der Waals surface area (Å²) in [5, 5.41) is 0. The van der Waals surface area contributed by atoms with E-state index in [9.17, 15) is 0 Å². The van der Waals surface area contributed by atoms with Crippen molar-refractivity contribution in [2.45, 2.75) is 33.6 Å². The van der Waals surface area contributed by atoms with Gasteiger partial charge in [-0.3, -0.25) is 0 Å². The molecule has 0 saturated heterocycles. The minimum atomic E-state index is 0.206. The van der Waals surface area contributed by atoms with Gasteiger partial charge in [-0.2, -0.15) is 0 Å². The normalized spacial score (nSPS) is 11.9. The average Bonchev–Trinajstić information content (AvgIpc) is 2.72. The molecule has 0 aliphatic rings. The van der Waals surface area contributed by atoms with Crippen LogP contribution in [0.3, 0.4) is 0 Å². The molecule has 2 heteroatoms. The van der Waals surface area contributed by atoms with Gasteiger partial charge in [0.15, 0.2) is 0 Å². The van der Waals surface area contributed by atoms with E-state index in [0.717, 1.165) is 18.8 Å². The van der Waals surface area contributed by atoms with Gasteiger partial charge in [0.1, 0.15) is 5.75 Å². The van der Waals surface area contributed by atoms with E-state index in [-0.39, 0.29) is 5.92 Å². The summed E-state index contributed by atoms with van der Waals surface area (Å²) in [7, 11) is 1.72. The molecule has 1 atom stereocenters. The van der Waals surface area contributed by atoms with Crippen LogP contribution < -0.4 is 9.64 Å². The molecule has 1 unspecified atom stereocenters. The number of nitrogens with zero attached hydrogens (tertiary/aromatic N) is 1. The highest BCUT2D eigenvalue weighted by atomic mass is 16.5. The Morgan fingerprint density at radius 3 is 1.93 bits per heavy atom. The molecule has 0 fully saturated rings. The van der Waals surface area contributed by atoms with Crippen LogP contribution in [0.15, 0.2) is 66.7 Å². The lowest BCUT2D eigenvalue weighted by Crippen LogP contribution is -2.22. The number of hydrogen-bond acceptors (Lipinski definition) is 2. The van der Waals surface area contributed by atoms with Gasteiger partial charge in [-0.15, -0.1) is 0 Å². The lowest BCUT2D eigenvalue weighted by Gasteiger charge is -2.26. The fraction of sp³-hybridized carbons (Fsp3) is 0.308. The Balaban J connectivity index is 2.13. The number of anilines is 1. The zero-order chi connectivity index (χ0) is 20.1. The van der Waals surface area contributed by atoms with E-state index in [1.165, 1.54) is 33.5 Å². The van der Waals surface area contributed by atoms with Gasteiger partial charge in [0, 0.05) is 24.7 Å². The molecule has 0 radical (unpaired) electrons. The number of aryl methyl sites for hydroxylation is 2. The molecule has 3 aromatic carbocycles. The summed E-state index contributed by atoms with van der Waals surface area (Å²) in [6, 6.07) is 24.1. The minimum absolute atomic E-state index is 0.206. The van der Waals surface area contributed by atoms with Crippen molar-refractivity contribution >= 4 is 5.69 Å². The molecular formula is C26H31NO. The molecular weight excluding hydrogens is 342 g/mol. The highest BCUT2D eigenvalue weighted by molar-refractivity contribution is 5.56. The Kier molecular flexibility index (Phi) is 6.41. The van der Waals surface area contributed by atoms with E-state index in [0.29, 0.717) is 0 Å². The molecule has 3 aromatic rings. The number of hydrogen-bond donors (Lipinski definition) is 0. The van der Waals surface area contributed by atoms with Gasteiger partial charge in [-0.25, -0.2) is 0 Å². The van der Waals surface area contributed by atoms with Crippen molar-refractivity contribution < 1.29 is 4.74 Å². The highest BCUT2D eigenvalue weighted by Gasteiger charge is 2.21. The smallest absolute Gasteiger partial charge is 0.119 e. The van der Waals surface area contributed by atoms with Crippen molar-refractivity contribution in [1.29, 1.82) is 0 Å². The highest BCUT2D eigenvalue weighted by Crippen LogP contribution is 2.37. The SMILES string of the molecule is CCN(CC)c1ccc(C(c2ccccc2)c2ccc(OC)cc2C)c(C)c1. The number of benzene rings is 3. The molecule has 0 aromatic heterocycles. The van der Waals surface area contributed by atoms with Crippen LogP contribution in [0.4, 0.5) is 5.69 Å². The average molecular weight is 374 g/mol. The predicted molar refractivity (Wildman–Crippen MR) is 120 cm³/mol. The summed E-state index contributed by atoms with van der Waals surface area (Å²) in [6.45, 7) is 10.9. The molecule has 146 valence electrons. The quantitative estimate of drug-likeness (QED) is 0.448. The van der Waals surface area contributed by atoms with Gasteiger partial charge in [0.25, 0.3) is 0 Å². The number of methoxy groups -OCH3 is 1. The molecule has 0 aliphatic carbocycles. The second kappa shape index (κ2) is 8.97. The van der Waals surface area contributed by atoms with E-state index in [4.69, 9.17) is 4.74 Å². The standard InChI is InChI=1S/C26H31NO/c1-6-27(7-2)22-13-15-24(19(3)17-22)26(21-11-9-8-10-12-21)25-16-14-23(28-5)18-20(25)4/h8-18,26H,6-7H2,1-5H3. The van der Waals surface area contributed by atoms with Crippen LogP contribution >= 0.6 is 0 Å². The van der Waals surface area contributed by atoms with Crippen molar-refractivity contribution in [3.8, 4) is 5.75 Å². The van der Waals surface area contributed by atoms with Crippen LogP contribution in [0.25, 0.3) is 0 Å². The first-order valence-electron chi connectivity index (χ1n) is 10.1. The molecule has 3 rings (SSSR count). The van der Waals surface area contributed by atoms with E-state index in [1.54, 1.807) is 7.11 Å². The predicted octanol–water partition coefficient (Wildman–Crippen LogP) is 6.34. The summed E-state index contributed by atoms with van der Waals surface area (Å²) >= 11 is 0. The summed E-state index contributed by atoms with van der Waals surface area (Å²) in [6.07, 6.45) is 0. The molecule has 2 nitrogen and oxygen atoms in total. The molecule has 0 bridgehead atoms. The Labute approximate surface area is 169 Å². The van der Waals surface area contributed by atoms with Crippen LogP contribution in [0.5, 0.6) is 5.75 Å². The first-order valence-corrected chi connectivity index (χ1v) is 10.1. The molecule has 0 N–H and O–H groups in total. The van der Waals surface area contributed by atoms with Gasteiger partial charge in [-0.05, 0) is 79.8 Å². The van der Waals surface area contributed by atoms with E-state index in [2.05, 4.69) is 99.3 Å². The second-order valence-corrected chi connectivity index (χ2v) is 7.28. The summed E-state index contributed by atoms with van der Waals surface area (Å²) < 4.78 is 5.43. The fourth-order valence-electron chi connectivity index (χ4n) is 4.04. The molecule has 0 saturated carbocycles. The van der Waals surface area contributed by atoms with Gasteiger partial charge in [0.05, 0.1) is 7.11 Å². The third-order valence-electron chi connectivity index (χ3n) is 5.61. The van der Waals surface area contributed by atoms with E-state index < -0.39 is 0 Å². The Hall–Kier alpha value is -2.74. The largest absolute Gasteiger partial charge is 0.497 e. The van der Waals surface area contributed by atoms with Crippen LogP contribution in [0.1, 0.15) is 47.6 Å².